The Morgan fingerprint density at radius 2 is 1.65 bits per heavy atom. The highest BCUT2D eigenvalue weighted by atomic mass is 32.2. The molecule has 1 aromatic carbocycles. The maximum atomic E-state index is 12.9. The molecule has 3 N–H and O–H groups in total. The molecule has 1 heterocycles. The number of carbonyl (C=O) groups excluding carboxylic acids is 2. The van der Waals surface area contributed by atoms with E-state index in [-0.39, 0.29) is 5.91 Å². The first-order chi connectivity index (χ1) is 15.5. The fourth-order valence-corrected chi connectivity index (χ4v) is 4.71. The maximum absolute atomic E-state index is 12.9. The fourth-order valence-electron chi connectivity index (χ4n) is 3.82. The van der Waals surface area contributed by atoms with Crippen LogP contribution in [0.5, 0.6) is 0 Å². The van der Waals surface area contributed by atoms with E-state index in [0.717, 1.165) is 49.2 Å². The van der Waals surface area contributed by atoms with Gasteiger partial charge in [0.15, 0.2) is 0 Å². The second kappa shape index (κ2) is 10.0. The number of benzene rings is 1. The monoisotopic (exact) mass is 496 g/mol. The van der Waals surface area contributed by atoms with E-state index in [1.54, 1.807) is 27.7 Å². The van der Waals surface area contributed by atoms with Crippen molar-refractivity contribution in [3.8, 4) is 0 Å². The SMILES string of the molecule is CCCCN1CCc2c(C)c(NS(=O)(=O)NC(=O)OC(C)(C)C)c(C)c(NC(=O)C(C)(C)C)c21. The molecule has 0 atom stereocenters. The highest BCUT2D eigenvalue weighted by Crippen LogP contribution is 2.45. The lowest BCUT2D eigenvalue weighted by atomic mass is 9.94. The summed E-state index contributed by atoms with van der Waals surface area (Å²) >= 11 is 0. The number of anilines is 3. The minimum atomic E-state index is -4.27. The van der Waals surface area contributed by atoms with Crippen LogP contribution in [0.2, 0.25) is 0 Å². The molecular formula is C24H40N4O5S. The van der Waals surface area contributed by atoms with E-state index in [2.05, 4.69) is 21.9 Å². The van der Waals surface area contributed by atoms with Crippen LogP contribution in [-0.2, 0) is 26.2 Å². The number of fused-ring (bicyclic) bond motifs is 1. The third-order valence-corrected chi connectivity index (χ3v) is 6.51. The van der Waals surface area contributed by atoms with E-state index in [1.165, 1.54) is 0 Å². The Hall–Kier alpha value is -2.49. The van der Waals surface area contributed by atoms with Gasteiger partial charge in [0, 0.05) is 18.5 Å². The van der Waals surface area contributed by atoms with Crippen molar-refractivity contribution in [3.63, 3.8) is 0 Å². The van der Waals surface area contributed by atoms with Crippen molar-refractivity contribution in [2.24, 2.45) is 5.41 Å². The number of rotatable bonds is 7. The molecule has 0 unspecified atom stereocenters. The molecule has 1 aliphatic heterocycles. The molecule has 34 heavy (non-hydrogen) atoms. The molecule has 0 saturated heterocycles. The summed E-state index contributed by atoms with van der Waals surface area (Å²) in [7, 11) is -4.27. The van der Waals surface area contributed by atoms with Crippen molar-refractivity contribution in [2.45, 2.75) is 87.2 Å². The third kappa shape index (κ3) is 6.77. The number of ether oxygens (including phenoxy) is 1. The fraction of sp³-hybridized carbons (Fsp3) is 0.667. The normalized spacial score (nSPS) is 14.0. The molecule has 1 aromatic rings. The molecule has 0 radical (unpaired) electrons. The first-order valence-electron chi connectivity index (χ1n) is 11.7. The number of unbranched alkanes of at least 4 members (excludes halogenated alkanes) is 1. The summed E-state index contributed by atoms with van der Waals surface area (Å²) in [6.07, 6.45) is 1.72. The van der Waals surface area contributed by atoms with Crippen LogP contribution in [0.4, 0.5) is 21.9 Å². The predicted molar refractivity (Wildman–Crippen MR) is 137 cm³/mol. The topological polar surface area (TPSA) is 117 Å². The summed E-state index contributed by atoms with van der Waals surface area (Å²) in [4.78, 5) is 27.3. The van der Waals surface area contributed by atoms with Gasteiger partial charge in [0.25, 0.3) is 0 Å². The number of hydrogen-bond donors (Lipinski definition) is 3. The Morgan fingerprint density at radius 3 is 2.18 bits per heavy atom. The quantitative estimate of drug-likeness (QED) is 0.507. The summed E-state index contributed by atoms with van der Waals surface area (Å²) in [5, 5.41) is 3.05. The zero-order chi connectivity index (χ0) is 26.1. The standard InChI is InChI=1S/C24H40N4O5S/c1-10-11-13-28-14-12-17-15(2)18(26-34(31,32)27-22(30)33-24(7,8)9)16(3)19(20(17)28)25-21(29)23(4,5)6/h26H,10-14H2,1-9H3,(H,25,29)(H,27,30). The van der Waals surface area contributed by atoms with Crippen LogP contribution in [-0.4, -0.2) is 39.1 Å². The van der Waals surface area contributed by atoms with Crippen LogP contribution in [0.1, 0.15) is 78.0 Å². The summed E-state index contributed by atoms with van der Waals surface area (Å²) in [6.45, 7) is 17.8. The van der Waals surface area contributed by atoms with Gasteiger partial charge in [-0.05, 0) is 64.2 Å². The molecule has 0 saturated carbocycles. The van der Waals surface area contributed by atoms with Gasteiger partial charge in [-0.15, -0.1) is 0 Å². The number of carbonyl (C=O) groups is 2. The Balaban J connectivity index is 2.53. The van der Waals surface area contributed by atoms with Gasteiger partial charge in [0.2, 0.25) is 5.91 Å². The molecule has 192 valence electrons. The van der Waals surface area contributed by atoms with Gasteiger partial charge < -0.3 is 15.0 Å². The lowest BCUT2D eigenvalue weighted by Crippen LogP contribution is -2.39. The molecule has 2 amide bonds. The molecule has 0 fully saturated rings. The van der Waals surface area contributed by atoms with Gasteiger partial charge in [-0.2, -0.15) is 8.42 Å². The molecular weight excluding hydrogens is 456 g/mol. The van der Waals surface area contributed by atoms with Gasteiger partial charge in [0.05, 0.1) is 17.1 Å². The van der Waals surface area contributed by atoms with Crippen molar-refractivity contribution in [1.29, 1.82) is 0 Å². The first-order valence-corrected chi connectivity index (χ1v) is 13.2. The number of nitrogens with zero attached hydrogens (tertiary/aromatic N) is 1. The Bertz CT molecular complexity index is 1050. The van der Waals surface area contributed by atoms with Crippen molar-refractivity contribution in [2.75, 3.05) is 28.0 Å². The van der Waals surface area contributed by atoms with Crippen LogP contribution in [0.15, 0.2) is 0 Å². The van der Waals surface area contributed by atoms with E-state index in [4.69, 9.17) is 4.74 Å². The predicted octanol–water partition coefficient (Wildman–Crippen LogP) is 4.63. The summed E-state index contributed by atoms with van der Waals surface area (Å²) in [6, 6.07) is 0. The highest BCUT2D eigenvalue weighted by Gasteiger charge is 2.32. The molecule has 0 aliphatic carbocycles. The van der Waals surface area contributed by atoms with Crippen LogP contribution in [0, 0.1) is 19.3 Å². The Labute approximate surface area is 204 Å². The average molecular weight is 497 g/mol. The van der Waals surface area contributed by atoms with Gasteiger partial charge in [-0.3, -0.25) is 9.52 Å². The van der Waals surface area contributed by atoms with E-state index in [0.29, 0.717) is 16.9 Å². The highest BCUT2D eigenvalue weighted by molar-refractivity contribution is 7.91. The molecule has 10 heteroatoms. The zero-order valence-corrected chi connectivity index (χ0v) is 22.7. The van der Waals surface area contributed by atoms with Crippen molar-refractivity contribution in [3.05, 3.63) is 16.7 Å². The maximum Gasteiger partial charge on any atom is 0.422 e. The van der Waals surface area contributed by atoms with E-state index in [9.17, 15) is 18.0 Å². The second-order valence-corrected chi connectivity index (χ2v) is 12.2. The minimum absolute atomic E-state index is 0.162. The first kappa shape index (κ1) is 27.8. The van der Waals surface area contributed by atoms with Crippen molar-refractivity contribution >= 4 is 39.3 Å². The van der Waals surface area contributed by atoms with Crippen LogP contribution >= 0.6 is 0 Å². The minimum Gasteiger partial charge on any atom is -0.443 e. The van der Waals surface area contributed by atoms with Crippen molar-refractivity contribution < 1.29 is 22.7 Å². The van der Waals surface area contributed by atoms with Gasteiger partial charge in [-0.1, -0.05) is 34.1 Å². The third-order valence-electron chi connectivity index (χ3n) is 5.60. The van der Waals surface area contributed by atoms with Crippen LogP contribution in [0.3, 0.4) is 0 Å². The lowest BCUT2D eigenvalue weighted by Gasteiger charge is -2.28. The second-order valence-electron chi connectivity index (χ2n) is 10.8. The van der Waals surface area contributed by atoms with Gasteiger partial charge >= 0.3 is 16.3 Å². The molecule has 0 aromatic heterocycles. The smallest absolute Gasteiger partial charge is 0.422 e. The summed E-state index contributed by atoms with van der Waals surface area (Å²) in [5.74, 6) is -0.162. The largest absolute Gasteiger partial charge is 0.443 e. The van der Waals surface area contributed by atoms with E-state index in [1.807, 2.05) is 32.4 Å². The molecule has 2 rings (SSSR count). The van der Waals surface area contributed by atoms with E-state index >= 15 is 0 Å². The summed E-state index contributed by atoms with van der Waals surface area (Å²) in [5.41, 5.74) is 2.77. The molecule has 0 bridgehead atoms. The molecule has 9 nitrogen and oxygen atoms in total. The molecule has 1 aliphatic rings. The van der Waals surface area contributed by atoms with Crippen LogP contribution < -0.4 is 19.7 Å². The van der Waals surface area contributed by atoms with Crippen LogP contribution in [0.25, 0.3) is 0 Å². The number of amides is 2. The summed E-state index contributed by atoms with van der Waals surface area (Å²) < 4.78 is 35.0. The van der Waals surface area contributed by atoms with E-state index < -0.39 is 27.3 Å². The Morgan fingerprint density at radius 1 is 1.03 bits per heavy atom. The zero-order valence-electron chi connectivity index (χ0n) is 21.9. The number of nitrogens with one attached hydrogen (secondary N) is 3. The average Bonchev–Trinajstić information content (AvgIpc) is 3.07. The Kier molecular flexibility index (Phi) is 8.17. The molecule has 0 spiro atoms. The van der Waals surface area contributed by atoms with Gasteiger partial charge in [-0.25, -0.2) is 9.52 Å². The van der Waals surface area contributed by atoms with Gasteiger partial charge in [0.1, 0.15) is 5.60 Å². The number of hydrogen-bond acceptors (Lipinski definition) is 6. The lowest BCUT2D eigenvalue weighted by molar-refractivity contribution is -0.123. The van der Waals surface area contributed by atoms with Crippen molar-refractivity contribution in [1.82, 2.24) is 4.72 Å².